The van der Waals surface area contributed by atoms with Gasteiger partial charge in [0.05, 0.1) is 21.7 Å². The molecule has 0 saturated carbocycles. The summed E-state index contributed by atoms with van der Waals surface area (Å²) >= 11 is 12.3. The lowest BCUT2D eigenvalue weighted by molar-refractivity contribution is -0.122. The molecule has 6 heteroatoms. The van der Waals surface area contributed by atoms with Gasteiger partial charge in [-0.15, -0.1) is 0 Å². The van der Waals surface area contributed by atoms with E-state index >= 15 is 0 Å². The molecule has 0 radical (unpaired) electrons. The predicted octanol–water partition coefficient (Wildman–Crippen LogP) is 4.29. The van der Waals surface area contributed by atoms with Crippen molar-refractivity contribution in [1.29, 1.82) is 0 Å². The van der Waals surface area contributed by atoms with Crippen LogP contribution < -0.4 is 10.2 Å². The molecule has 0 bridgehead atoms. The summed E-state index contributed by atoms with van der Waals surface area (Å²) in [5, 5.41) is 3.69. The Morgan fingerprint density at radius 1 is 1.12 bits per heavy atom. The van der Waals surface area contributed by atoms with Crippen LogP contribution in [-0.2, 0) is 9.59 Å². The first kappa shape index (κ1) is 16.8. The average molecular weight is 363 g/mol. The largest absolute Gasteiger partial charge is 0.326 e. The van der Waals surface area contributed by atoms with Crippen LogP contribution in [0.1, 0.15) is 12.0 Å². The van der Waals surface area contributed by atoms with Gasteiger partial charge in [-0.3, -0.25) is 9.59 Å². The minimum atomic E-state index is -0.440. The fourth-order valence-electron chi connectivity index (χ4n) is 2.79. The van der Waals surface area contributed by atoms with E-state index in [9.17, 15) is 9.59 Å². The summed E-state index contributed by atoms with van der Waals surface area (Å²) in [6.07, 6.45) is 0.138. The van der Waals surface area contributed by atoms with Crippen molar-refractivity contribution in [1.82, 2.24) is 0 Å². The number of nitrogens with one attached hydrogen (secondary N) is 1. The highest BCUT2D eigenvalue weighted by Gasteiger charge is 2.36. The molecule has 3 rings (SSSR count). The number of hydrogen-bond acceptors (Lipinski definition) is 2. The van der Waals surface area contributed by atoms with E-state index in [0.717, 1.165) is 11.3 Å². The maximum Gasteiger partial charge on any atom is 0.229 e. The zero-order valence-electron chi connectivity index (χ0n) is 13.1. The Labute approximate surface area is 150 Å². The molecule has 4 nitrogen and oxygen atoms in total. The number of nitrogens with zero attached hydrogens (tertiary/aromatic N) is 1. The Morgan fingerprint density at radius 3 is 2.46 bits per heavy atom. The zero-order valence-corrected chi connectivity index (χ0v) is 14.6. The Kier molecular flexibility index (Phi) is 4.78. The second-order valence-electron chi connectivity index (χ2n) is 5.78. The molecule has 1 fully saturated rings. The highest BCUT2D eigenvalue weighted by Crippen LogP contribution is 2.37. The summed E-state index contributed by atoms with van der Waals surface area (Å²) in [5.74, 6) is -0.775. The first-order chi connectivity index (χ1) is 11.5. The van der Waals surface area contributed by atoms with Crippen LogP contribution >= 0.6 is 23.2 Å². The number of para-hydroxylation sites is 2. The van der Waals surface area contributed by atoms with E-state index < -0.39 is 5.92 Å². The van der Waals surface area contributed by atoms with Crippen molar-refractivity contribution in [2.24, 2.45) is 5.92 Å². The fourth-order valence-corrected chi connectivity index (χ4v) is 3.40. The third kappa shape index (κ3) is 3.25. The van der Waals surface area contributed by atoms with Gasteiger partial charge in [-0.05, 0) is 30.7 Å². The number of hydrogen-bond donors (Lipinski definition) is 1. The van der Waals surface area contributed by atoms with Crippen LogP contribution in [-0.4, -0.2) is 18.4 Å². The molecule has 0 aliphatic carbocycles. The second kappa shape index (κ2) is 6.83. The number of rotatable bonds is 3. The number of carbonyl (C=O) groups excluding carboxylic acids is 2. The highest BCUT2D eigenvalue weighted by atomic mass is 35.5. The topological polar surface area (TPSA) is 49.4 Å². The number of aryl methyl sites for hydroxylation is 1. The normalized spacial score (nSPS) is 17.2. The SMILES string of the molecule is Cc1ccccc1NC(=O)C1CC(=O)N(c2c(Cl)cccc2Cl)C1. The van der Waals surface area contributed by atoms with Crippen LogP contribution in [0.4, 0.5) is 11.4 Å². The molecule has 1 aliphatic heterocycles. The molecule has 124 valence electrons. The van der Waals surface area contributed by atoms with Crippen LogP contribution in [0, 0.1) is 12.8 Å². The van der Waals surface area contributed by atoms with Crippen LogP contribution in [0.15, 0.2) is 42.5 Å². The molecule has 2 amide bonds. The number of benzene rings is 2. The number of carbonyl (C=O) groups is 2. The number of anilines is 2. The van der Waals surface area contributed by atoms with Crippen molar-refractivity contribution in [3.63, 3.8) is 0 Å². The highest BCUT2D eigenvalue weighted by molar-refractivity contribution is 6.40. The molecule has 2 aromatic carbocycles. The minimum Gasteiger partial charge on any atom is -0.326 e. The molecule has 1 saturated heterocycles. The first-order valence-electron chi connectivity index (χ1n) is 7.58. The van der Waals surface area contributed by atoms with Gasteiger partial charge in [-0.25, -0.2) is 0 Å². The monoisotopic (exact) mass is 362 g/mol. The smallest absolute Gasteiger partial charge is 0.229 e. The summed E-state index contributed by atoms with van der Waals surface area (Å²) in [6.45, 7) is 2.19. The number of amides is 2. The number of halogens is 2. The van der Waals surface area contributed by atoms with Gasteiger partial charge in [0.2, 0.25) is 11.8 Å². The molecule has 1 aliphatic rings. The lowest BCUT2D eigenvalue weighted by Gasteiger charge is -2.19. The van der Waals surface area contributed by atoms with Crippen molar-refractivity contribution in [2.75, 3.05) is 16.8 Å². The Bertz CT molecular complexity index is 787. The maximum atomic E-state index is 12.5. The first-order valence-corrected chi connectivity index (χ1v) is 8.34. The third-order valence-electron chi connectivity index (χ3n) is 4.11. The standard InChI is InChI=1S/C18H16Cl2N2O2/c1-11-5-2-3-8-15(11)21-18(24)12-9-16(23)22(10-12)17-13(19)6-4-7-14(17)20/h2-8,12H,9-10H2,1H3,(H,21,24). The predicted molar refractivity (Wildman–Crippen MR) is 96.7 cm³/mol. The lowest BCUT2D eigenvalue weighted by Crippen LogP contribution is -2.28. The van der Waals surface area contributed by atoms with Crippen LogP contribution in [0.2, 0.25) is 10.0 Å². The van der Waals surface area contributed by atoms with Crippen LogP contribution in [0.3, 0.4) is 0 Å². The summed E-state index contributed by atoms with van der Waals surface area (Å²) in [4.78, 5) is 26.3. The van der Waals surface area contributed by atoms with Crippen LogP contribution in [0.25, 0.3) is 0 Å². The van der Waals surface area contributed by atoms with Gasteiger partial charge in [0.1, 0.15) is 0 Å². The van der Waals surface area contributed by atoms with E-state index in [1.54, 1.807) is 18.2 Å². The molecule has 24 heavy (non-hydrogen) atoms. The van der Waals surface area contributed by atoms with Crippen molar-refractivity contribution < 1.29 is 9.59 Å². The van der Waals surface area contributed by atoms with Gasteiger partial charge < -0.3 is 10.2 Å². The van der Waals surface area contributed by atoms with Gasteiger partial charge in [0.15, 0.2) is 0 Å². The second-order valence-corrected chi connectivity index (χ2v) is 6.59. The third-order valence-corrected chi connectivity index (χ3v) is 4.72. The minimum absolute atomic E-state index is 0.138. The summed E-state index contributed by atoms with van der Waals surface area (Å²) < 4.78 is 0. The molecule has 1 N–H and O–H groups in total. The van der Waals surface area contributed by atoms with Crippen molar-refractivity contribution in [2.45, 2.75) is 13.3 Å². The Balaban J connectivity index is 1.77. The van der Waals surface area contributed by atoms with Crippen LogP contribution in [0.5, 0.6) is 0 Å². The van der Waals surface area contributed by atoms with Crippen molar-refractivity contribution >= 4 is 46.4 Å². The van der Waals surface area contributed by atoms with E-state index in [0.29, 0.717) is 15.7 Å². The Hall–Kier alpha value is -2.04. The van der Waals surface area contributed by atoms with E-state index in [-0.39, 0.29) is 24.8 Å². The summed E-state index contributed by atoms with van der Waals surface area (Å²) in [7, 11) is 0. The molecular formula is C18H16Cl2N2O2. The van der Waals surface area contributed by atoms with E-state index in [4.69, 9.17) is 23.2 Å². The maximum absolute atomic E-state index is 12.5. The Morgan fingerprint density at radius 2 is 1.79 bits per heavy atom. The van der Waals surface area contributed by atoms with Crippen molar-refractivity contribution in [3.8, 4) is 0 Å². The molecule has 1 atom stereocenters. The zero-order chi connectivity index (χ0) is 17.3. The molecule has 0 spiro atoms. The van der Waals surface area contributed by atoms with E-state index in [1.165, 1.54) is 4.90 Å². The van der Waals surface area contributed by atoms with Gasteiger partial charge in [0.25, 0.3) is 0 Å². The quantitative estimate of drug-likeness (QED) is 0.884. The van der Waals surface area contributed by atoms with Crippen molar-refractivity contribution in [3.05, 3.63) is 58.1 Å². The molecule has 1 unspecified atom stereocenters. The fraction of sp³-hybridized carbons (Fsp3) is 0.222. The molecular weight excluding hydrogens is 347 g/mol. The van der Waals surface area contributed by atoms with Gasteiger partial charge in [0, 0.05) is 18.7 Å². The lowest BCUT2D eigenvalue weighted by atomic mass is 10.1. The molecule has 2 aromatic rings. The summed E-state index contributed by atoms with van der Waals surface area (Å²) in [6, 6.07) is 12.6. The van der Waals surface area contributed by atoms with E-state index in [2.05, 4.69) is 5.32 Å². The molecule has 1 heterocycles. The average Bonchev–Trinajstić information content (AvgIpc) is 2.91. The van der Waals surface area contributed by atoms with Gasteiger partial charge in [-0.2, -0.15) is 0 Å². The van der Waals surface area contributed by atoms with Gasteiger partial charge >= 0.3 is 0 Å². The van der Waals surface area contributed by atoms with Gasteiger partial charge in [-0.1, -0.05) is 47.5 Å². The van der Waals surface area contributed by atoms with E-state index in [1.807, 2.05) is 31.2 Å². The summed E-state index contributed by atoms with van der Waals surface area (Å²) in [5.41, 5.74) is 2.20. The molecule has 0 aromatic heterocycles.